The molecule has 2 aromatic rings. The van der Waals surface area contributed by atoms with Crippen molar-refractivity contribution >= 4 is 22.8 Å². The molecule has 2 N–H and O–H groups in total. The quantitative estimate of drug-likeness (QED) is 0.524. The molecule has 1 aromatic heterocycles. The number of aliphatic hydroxyl groups is 2. The lowest BCUT2D eigenvalue weighted by Gasteiger charge is -2.24. The zero-order valence-electron chi connectivity index (χ0n) is 16.4. The van der Waals surface area contributed by atoms with Crippen LogP contribution in [0.2, 0.25) is 0 Å². The van der Waals surface area contributed by atoms with Crippen LogP contribution in [0.3, 0.4) is 0 Å². The lowest BCUT2D eigenvalue weighted by atomic mass is 10.0. The Morgan fingerprint density at radius 2 is 2.11 bits per heavy atom. The molecule has 5 nitrogen and oxygen atoms in total. The van der Waals surface area contributed by atoms with Crippen LogP contribution in [0.1, 0.15) is 69.4 Å². The second-order valence-corrected chi connectivity index (χ2v) is 7.44. The summed E-state index contributed by atoms with van der Waals surface area (Å²) in [7, 11) is 0. The lowest BCUT2D eigenvalue weighted by molar-refractivity contribution is -0.158. The molecule has 1 saturated heterocycles. The molecule has 1 fully saturated rings. The number of cyclic esters (lactones) is 1. The van der Waals surface area contributed by atoms with Gasteiger partial charge in [-0.15, -0.1) is 0 Å². The number of rotatable bonds is 8. The third-order valence-corrected chi connectivity index (χ3v) is 5.18. The molecular weight excluding hydrogens is 354 g/mol. The van der Waals surface area contributed by atoms with Gasteiger partial charge in [-0.1, -0.05) is 56.5 Å². The molecule has 0 radical (unpaired) electrons. The predicted octanol–water partition coefficient (Wildman–Crippen LogP) is 4.32. The number of esters is 1. The molecular formula is C23H29NO4. The molecule has 28 heavy (non-hydrogen) atoms. The molecule has 0 aliphatic carbocycles. The lowest BCUT2D eigenvalue weighted by Crippen LogP contribution is -2.33. The molecule has 0 unspecified atom stereocenters. The Morgan fingerprint density at radius 1 is 1.29 bits per heavy atom. The standard InChI is InChI=1S/C23H29NO4/c1-2-3-4-10-20(26)23-18-9-6-5-8-16(18)15-17(24-23)13-14-19(25)21-11-7-12-22(27)28-21/h5-6,8-9,13-15,19-21,25-26H,2-4,7,10-12H2,1H3/b14-13+/t19-,20-,21+/m1/s1. The van der Waals surface area contributed by atoms with Crippen molar-refractivity contribution in [2.75, 3.05) is 0 Å². The van der Waals surface area contributed by atoms with Crippen molar-refractivity contribution in [2.24, 2.45) is 0 Å². The minimum Gasteiger partial charge on any atom is -0.459 e. The van der Waals surface area contributed by atoms with E-state index in [9.17, 15) is 15.0 Å². The molecule has 150 valence electrons. The average Bonchev–Trinajstić information content (AvgIpc) is 2.71. The van der Waals surface area contributed by atoms with Gasteiger partial charge >= 0.3 is 5.97 Å². The fraction of sp³-hybridized carbons (Fsp3) is 0.478. The van der Waals surface area contributed by atoms with Gasteiger partial charge in [-0.25, -0.2) is 0 Å². The van der Waals surface area contributed by atoms with Crippen molar-refractivity contribution in [1.29, 1.82) is 0 Å². The van der Waals surface area contributed by atoms with Crippen LogP contribution >= 0.6 is 0 Å². The maximum atomic E-state index is 11.4. The summed E-state index contributed by atoms with van der Waals surface area (Å²) in [6.07, 6.45) is 7.00. The SMILES string of the molecule is CCCCC[C@@H](O)c1nc(/C=C/[C@@H](O)[C@@H]2CCCC(=O)O2)cc2ccccc12. The molecule has 3 atom stereocenters. The van der Waals surface area contributed by atoms with Gasteiger partial charge in [0.25, 0.3) is 0 Å². The Labute approximate surface area is 166 Å². The van der Waals surface area contributed by atoms with Crippen LogP contribution in [0.4, 0.5) is 0 Å². The van der Waals surface area contributed by atoms with Gasteiger partial charge in [-0.2, -0.15) is 0 Å². The largest absolute Gasteiger partial charge is 0.459 e. The van der Waals surface area contributed by atoms with Crippen molar-refractivity contribution in [3.05, 3.63) is 47.8 Å². The Morgan fingerprint density at radius 3 is 2.89 bits per heavy atom. The minimum atomic E-state index is -0.865. The number of carbonyl (C=O) groups excluding carboxylic acids is 1. The Kier molecular flexibility index (Phi) is 7.18. The van der Waals surface area contributed by atoms with E-state index in [1.807, 2.05) is 30.3 Å². The number of pyridine rings is 1. The van der Waals surface area contributed by atoms with Gasteiger partial charge < -0.3 is 14.9 Å². The summed E-state index contributed by atoms with van der Waals surface area (Å²) in [4.78, 5) is 16.1. The van der Waals surface area contributed by atoms with Gasteiger partial charge in [-0.05, 0) is 36.8 Å². The maximum absolute atomic E-state index is 11.4. The van der Waals surface area contributed by atoms with Gasteiger partial charge in [0.15, 0.2) is 0 Å². The molecule has 0 spiro atoms. The Hall–Kier alpha value is -2.24. The van der Waals surface area contributed by atoms with Crippen molar-refractivity contribution in [2.45, 2.75) is 70.2 Å². The molecule has 1 aromatic carbocycles. The van der Waals surface area contributed by atoms with Gasteiger partial charge in [-0.3, -0.25) is 9.78 Å². The fourth-order valence-corrected chi connectivity index (χ4v) is 3.61. The molecule has 5 heteroatoms. The highest BCUT2D eigenvalue weighted by Crippen LogP contribution is 2.27. The van der Waals surface area contributed by atoms with E-state index < -0.39 is 18.3 Å². The van der Waals surface area contributed by atoms with Crippen LogP contribution in [-0.2, 0) is 9.53 Å². The van der Waals surface area contributed by atoms with E-state index in [0.717, 1.165) is 36.5 Å². The van der Waals surface area contributed by atoms with Gasteiger partial charge in [0.2, 0.25) is 0 Å². The van der Waals surface area contributed by atoms with E-state index >= 15 is 0 Å². The molecule has 3 rings (SSSR count). The summed E-state index contributed by atoms with van der Waals surface area (Å²) in [5.74, 6) is -0.259. The molecule has 0 saturated carbocycles. The number of aliphatic hydroxyl groups excluding tert-OH is 2. The summed E-state index contributed by atoms with van der Waals surface area (Å²) in [6, 6.07) is 9.82. The molecule has 1 aliphatic heterocycles. The number of unbranched alkanes of at least 4 members (excludes halogenated alkanes) is 2. The van der Waals surface area contributed by atoms with Crippen LogP contribution in [-0.4, -0.2) is 33.4 Å². The van der Waals surface area contributed by atoms with Crippen molar-refractivity contribution in [1.82, 2.24) is 4.98 Å². The predicted molar refractivity (Wildman–Crippen MR) is 110 cm³/mol. The van der Waals surface area contributed by atoms with Crippen LogP contribution in [0.15, 0.2) is 36.4 Å². The molecule has 2 heterocycles. The first kappa shape index (κ1) is 20.5. The fourth-order valence-electron chi connectivity index (χ4n) is 3.61. The first-order valence-corrected chi connectivity index (χ1v) is 10.2. The number of carbonyl (C=O) groups is 1. The number of aromatic nitrogens is 1. The minimum absolute atomic E-state index is 0.259. The van der Waals surface area contributed by atoms with Crippen LogP contribution < -0.4 is 0 Å². The molecule has 0 amide bonds. The highest BCUT2D eigenvalue weighted by molar-refractivity contribution is 5.86. The maximum Gasteiger partial charge on any atom is 0.306 e. The number of benzene rings is 1. The monoisotopic (exact) mass is 383 g/mol. The van der Waals surface area contributed by atoms with E-state index in [4.69, 9.17) is 4.74 Å². The van der Waals surface area contributed by atoms with Crippen LogP contribution in [0, 0.1) is 0 Å². The normalized spacial score (nSPS) is 19.7. The number of hydrogen-bond acceptors (Lipinski definition) is 5. The van der Waals surface area contributed by atoms with E-state index in [1.54, 1.807) is 12.2 Å². The van der Waals surface area contributed by atoms with Crippen molar-refractivity contribution in [3.63, 3.8) is 0 Å². The number of nitrogens with zero attached hydrogens (tertiary/aromatic N) is 1. The van der Waals surface area contributed by atoms with Crippen molar-refractivity contribution < 1.29 is 19.7 Å². The highest BCUT2D eigenvalue weighted by Gasteiger charge is 2.25. The zero-order chi connectivity index (χ0) is 19.9. The number of ether oxygens (including phenoxy) is 1. The van der Waals surface area contributed by atoms with Crippen LogP contribution in [0.5, 0.6) is 0 Å². The first-order valence-electron chi connectivity index (χ1n) is 10.2. The third-order valence-electron chi connectivity index (χ3n) is 5.18. The second-order valence-electron chi connectivity index (χ2n) is 7.44. The van der Waals surface area contributed by atoms with E-state index in [1.165, 1.54) is 0 Å². The summed E-state index contributed by atoms with van der Waals surface area (Å²) in [6.45, 7) is 2.14. The van der Waals surface area contributed by atoms with E-state index in [2.05, 4.69) is 11.9 Å². The first-order chi connectivity index (χ1) is 13.6. The van der Waals surface area contributed by atoms with Gasteiger partial charge in [0.1, 0.15) is 12.2 Å². The topological polar surface area (TPSA) is 79.7 Å². The Balaban J connectivity index is 1.81. The highest BCUT2D eigenvalue weighted by atomic mass is 16.6. The number of hydrogen-bond donors (Lipinski definition) is 2. The summed E-state index contributed by atoms with van der Waals surface area (Å²) >= 11 is 0. The summed E-state index contributed by atoms with van der Waals surface area (Å²) < 4.78 is 5.22. The number of fused-ring (bicyclic) bond motifs is 1. The molecule has 0 bridgehead atoms. The van der Waals surface area contributed by atoms with Crippen LogP contribution in [0.25, 0.3) is 16.8 Å². The smallest absolute Gasteiger partial charge is 0.306 e. The molecule has 1 aliphatic rings. The van der Waals surface area contributed by atoms with E-state index in [0.29, 0.717) is 30.7 Å². The Bertz CT molecular complexity index is 832. The average molecular weight is 383 g/mol. The second kappa shape index (κ2) is 9.80. The van der Waals surface area contributed by atoms with Gasteiger partial charge in [0.05, 0.1) is 17.5 Å². The summed E-state index contributed by atoms with van der Waals surface area (Å²) in [5, 5.41) is 23.0. The van der Waals surface area contributed by atoms with Gasteiger partial charge in [0, 0.05) is 11.8 Å². The third kappa shape index (κ3) is 5.18. The van der Waals surface area contributed by atoms with E-state index in [-0.39, 0.29) is 5.97 Å². The van der Waals surface area contributed by atoms with Crippen molar-refractivity contribution in [3.8, 4) is 0 Å². The summed E-state index contributed by atoms with van der Waals surface area (Å²) in [5.41, 5.74) is 1.34. The zero-order valence-corrected chi connectivity index (χ0v) is 16.4.